The van der Waals surface area contributed by atoms with Crippen LogP contribution in [0, 0.1) is 11.3 Å². The summed E-state index contributed by atoms with van der Waals surface area (Å²) in [6.45, 7) is 0. The van der Waals surface area contributed by atoms with E-state index in [1.54, 1.807) is 6.08 Å². The van der Waals surface area contributed by atoms with Crippen LogP contribution in [0.5, 0.6) is 0 Å². The molecule has 0 radical (unpaired) electrons. The number of hydrogen-bond acceptors (Lipinski definition) is 2. The fourth-order valence-electron chi connectivity index (χ4n) is 0.837. The van der Waals surface area contributed by atoms with Gasteiger partial charge in [-0.1, -0.05) is 30.3 Å². The summed E-state index contributed by atoms with van der Waals surface area (Å²) in [4.78, 5) is 0. The summed E-state index contributed by atoms with van der Waals surface area (Å²) in [5.74, 6) is 0.321. The molecule has 1 aromatic rings. The molecule has 0 aliphatic rings. The molecule has 0 saturated heterocycles. The highest BCUT2D eigenvalue weighted by Crippen LogP contribution is 2.05. The van der Waals surface area contributed by atoms with Crippen molar-refractivity contribution in [1.82, 2.24) is 0 Å². The van der Waals surface area contributed by atoms with E-state index in [0.717, 1.165) is 5.56 Å². The highest BCUT2D eigenvalue weighted by atomic mass is 16.5. The Hall–Kier alpha value is -1.75. The summed E-state index contributed by atoms with van der Waals surface area (Å²) in [5, 5.41) is 8.54. The minimum Gasteiger partial charge on any atom is -0.487 e. The Kier molecular flexibility index (Phi) is 2.92. The molecule has 12 heavy (non-hydrogen) atoms. The van der Waals surface area contributed by atoms with Gasteiger partial charge in [-0.15, -0.1) is 0 Å². The summed E-state index contributed by atoms with van der Waals surface area (Å²) in [6, 6.07) is 11.5. The number of hydrogen-bond donors (Lipinski definition) is 0. The average Bonchev–Trinajstić information content (AvgIpc) is 2.16. The monoisotopic (exact) mass is 159 g/mol. The fourth-order valence-corrected chi connectivity index (χ4v) is 0.837. The molecular weight excluding hydrogens is 150 g/mol. The van der Waals surface area contributed by atoms with Crippen molar-refractivity contribution in [3.63, 3.8) is 0 Å². The van der Waals surface area contributed by atoms with Gasteiger partial charge in [0, 0.05) is 0 Å². The number of nitriles is 1. The predicted molar refractivity (Wildman–Crippen MR) is 47.0 cm³/mol. The molecule has 0 atom stereocenters. The second-order valence-electron chi connectivity index (χ2n) is 2.24. The van der Waals surface area contributed by atoms with Gasteiger partial charge in [0.1, 0.15) is 6.07 Å². The van der Waals surface area contributed by atoms with Gasteiger partial charge in [-0.2, -0.15) is 5.26 Å². The van der Waals surface area contributed by atoms with Gasteiger partial charge in [0.15, 0.2) is 5.76 Å². The zero-order valence-corrected chi connectivity index (χ0v) is 6.82. The maximum atomic E-state index is 8.54. The molecule has 0 N–H and O–H groups in total. The van der Waals surface area contributed by atoms with E-state index in [9.17, 15) is 0 Å². The Balaban J connectivity index is 2.88. The lowest BCUT2D eigenvalue weighted by Crippen LogP contribution is -1.81. The first-order valence-electron chi connectivity index (χ1n) is 3.57. The number of methoxy groups -OCH3 is 1. The van der Waals surface area contributed by atoms with Crippen LogP contribution in [0.1, 0.15) is 5.56 Å². The normalized spacial score (nSPS) is 10.5. The maximum Gasteiger partial charge on any atom is 0.197 e. The van der Waals surface area contributed by atoms with E-state index in [0.29, 0.717) is 5.76 Å². The first-order chi connectivity index (χ1) is 5.86. The van der Waals surface area contributed by atoms with Crippen LogP contribution in [0.2, 0.25) is 0 Å². The number of ether oxygens (including phenoxy) is 1. The number of rotatable bonds is 2. The SMILES string of the molecule is CO/C(C#N)=C/c1ccccc1. The van der Waals surface area contributed by atoms with Crippen LogP contribution in [0.25, 0.3) is 6.08 Å². The van der Waals surface area contributed by atoms with Crippen LogP contribution in [-0.2, 0) is 4.74 Å². The van der Waals surface area contributed by atoms with Gasteiger partial charge in [0.2, 0.25) is 0 Å². The minimum absolute atomic E-state index is 0.321. The van der Waals surface area contributed by atoms with Gasteiger partial charge < -0.3 is 4.74 Å². The Morgan fingerprint density at radius 1 is 1.42 bits per heavy atom. The summed E-state index contributed by atoms with van der Waals surface area (Å²) < 4.78 is 4.80. The summed E-state index contributed by atoms with van der Waals surface area (Å²) >= 11 is 0. The van der Waals surface area contributed by atoms with Crippen molar-refractivity contribution in [2.75, 3.05) is 7.11 Å². The molecule has 0 saturated carbocycles. The largest absolute Gasteiger partial charge is 0.487 e. The lowest BCUT2D eigenvalue weighted by molar-refractivity contribution is 0.314. The average molecular weight is 159 g/mol. The van der Waals surface area contributed by atoms with Gasteiger partial charge in [-0.3, -0.25) is 0 Å². The van der Waals surface area contributed by atoms with E-state index < -0.39 is 0 Å². The summed E-state index contributed by atoms with van der Waals surface area (Å²) in [6.07, 6.45) is 1.69. The Morgan fingerprint density at radius 3 is 2.58 bits per heavy atom. The Morgan fingerprint density at radius 2 is 2.08 bits per heavy atom. The molecule has 0 aliphatic carbocycles. The van der Waals surface area contributed by atoms with Gasteiger partial charge in [0.05, 0.1) is 7.11 Å². The lowest BCUT2D eigenvalue weighted by atomic mass is 10.2. The first kappa shape index (κ1) is 8.35. The molecule has 60 valence electrons. The second kappa shape index (κ2) is 4.20. The summed E-state index contributed by atoms with van der Waals surface area (Å²) in [7, 11) is 1.48. The lowest BCUT2D eigenvalue weighted by Gasteiger charge is -1.95. The topological polar surface area (TPSA) is 33.0 Å². The van der Waals surface area contributed by atoms with Crippen LogP contribution in [0.4, 0.5) is 0 Å². The van der Waals surface area contributed by atoms with Crippen LogP contribution < -0.4 is 0 Å². The standard InChI is InChI=1S/C10H9NO/c1-12-10(8-11)7-9-5-3-2-4-6-9/h2-7H,1H3/b10-7+. The van der Waals surface area contributed by atoms with Gasteiger partial charge in [-0.05, 0) is 11.6 Å². The van der Waals surface area contributed by atoms with Crippen LogP contribution in [-0.4, -0.2) is 7.11 Å². The quantitative estimate of drug-likeness (QED) is 0.489. The Bertz CT molecular complexity index is 308. The number of nitrogens with zero attached hydrogens (tertiary/aromatic N) is 1. The van der Waals surface area contributed by atoms with Crippen molar-refractivity contribution in [2.24, 2.45) is 0 Å². The summed E-state index contributed by atoms with van der Waals surface area (Å²) in [5.41, 5.74) is 0.968. The molecule has 2 heteroatoms. The highest BCUT2D eigenvalue weighted by molar-refractivity contribution is 5.54. The molecule has 2 nitrogen and oxygen atoms in total. The van der Waals surface area contributed by atoms with Crippen LogP contribution >= 0.6 is 0 Å². The molecule has 0 amide bonds. The van der Waals surface area contributed by atoms with E-state index in [2.05, 4.69) is 0 Å². The molecular formula is C10H9NO. The smallest absolute Gasteiger partial charge is 0.197 e. The molecule has 0 bridgehead atoms. The maximum absolute atomic E-state index is 8.54. The third-order valence-electron chi connectivity index (χ3n) is 1.43. The Labute approximate surface area is 71.7 Å². The van der Waals surface area contributed by atoms with E-state index >= 15 is 0 Å². The van der Waals surface area contributed by atoms with E-state index in [1.165, 1.54) is 7.11 Å². The third kappa shape index (κ3) is 2.14. The van der Waals surface area contributed by atoms with E-state index in [4.69, 9.17) is 10.00 Å². The number of benzene rings is 1. The molecule has 0 aliphatic heterocycles. The van der Waals surface area contributed by atoms with Gasteiger partial charge >= 0.3 is 0 Å². The predicted octanol–water partition coefficient (Wildman–Crippen LogP) is 2.20. The molecule has 1 rings (SSSR count). The number of allylic oxidation sites excluding steroid dienone is 1. The molecule has 0 unspecified atom stereocenters. The van der Waals surface area contributed by atoms with E-state index in [-0.39, 0.29) is 0 Å². The zero-order valence-electron chi connectivity index (χ0n) is 6.82. The second-order valence-corrected chi connectivity index (χ2v) is 2.24. The molecule has 0 spiro atoms. The van der Waals surface area contributed by atoms with Gasteiger partial charge in [0.25, 0.3) is 0 Å². The first-order valence-corrected chi connectivity index (χ1v) is 3.57. The minimum atomic E-state index is 0.321. The van der Waals surface area contributed by atoms with Crippen LogP contribution in [0.3, 0.4) is 0 Å². The molecule has 0 aromatic heterocycles. The van der Waals surface area contributed by atoms with Crippen molar-refractivity contribution in [3.05, 3.63) is 41.7 Å². The van der Waals surface area contributed by atoms with Crippen molar-refractivity contribution in [2.45, 2.75) is 0 Å². The molecule has 1 aromatic carbocycles. The molecule has 0 fully saturated rings. The van der Waals surface area contributed by atoms with Crippen molar-refractivity contribution < 1.29 is 4.74 Å². The molecule has 0 heterocycles. The van der Waals surface area contributed by atoms with Crippen molar-refractivity contribution in [3.8, 4) is 6.07 Å². The van der Waals surface area contributed by atoms with E-state index in [1.807, 2.05) is 36.4 Å². The van der Waals surface area contributed by atoms with Crippen molar-refractivity contribution >= 4 is 6.08 Å². The zero-order chi connectivity index (χ0) is 8.81. The fraction of sp³-hybridized carbons (Fsp3) is 0.100. The highest BCUT2D eigenvalue weighted by Gasteiger charge is 1.91. The van der Waals surface area contributed by atoms with Crippen LogP contribution in [0.15, 0.2) is 36.1 Å². The van der Waals surface area contributed by atoms with Gasteiger partial charge in [-0.25, -0.2) is 0 Å². The third-order valence-corrected chi connectivity index (χ3v) is 1.43. The van der Waals surface area contributed by atoms with Crippen molar-refractivity contribution in [1.29, 1.82) is 5.26 Å².